The molecule has 1 aliphatic rings. The summed E-state index contributed by atoms with van der Waals surface area (Å²) in [6.45, 7) is 6.03. The lowest BCUT2D eigenvalue weighted by molar-refractivity contribution is 0.0931. The Balaban J connectivity index is 1.89. The lowest BCUT2D eigenvalue weighted by Crippen LogP contribution is -2.31. The molecule has 0 saturated heterocycles. The highest BCUT2D eigenvalue weighted by atomic mass is 16.5. The zero-order valence-corrected chi connectivity index (χ0v) is 12.7. The van der Waals surface area contributed by atoms with Crippen LogP contribution in [0.3, 0.4) is 0 Å². The maximum absolute atomic E-state index is 12.4. The number of aryl methyl sites for hydroxylation is 3. The van der Waals surface area contributed by atoms with Crippen LogP contribution in [0.15, 0.2) is 22.9 Å². The molecule has 4 nitrogen and oxygen atoms in total. The van der Waals surface area contributed by atoms with E-state index in [1.165, 1.54) is 28.5 Å². The quantitative estimate of drug-likeness (QED) is 0.919. The first-order chi connectivity index (χ1) is 10.1. The van der Waals surface area contributed by atoms with Crippen LogP contribution in [0.2, 0.25) is 0 Å². The Morgan fingerprint density at radius 3 is 2.86 bits per heavy atom. The molecule has 1 atom stereocenters. The second-order valence-electron chi connectivity index (χ2n) is 5.88. The molecule has 1 amide bonds. The fourth-order valence-electron chi connectivity index (χ4n) is 3.22. The Morgan fingerprint density at radius 2 is 2.14 bits per heavy atom. The summed E-state index contributed by atoms with van der Waals surface area (Å²) in [5, 5.41) is 6.90. The van der Waals surface area contributed by atoms with Crippen LogP contribution < -0.4 is 5.32 Å². The van der Waals surface area contributed by atoms with Gasteiger partial charge in [-0.15, -0.1) is 0 Å². The third-order valence-electron chi connectivity index (χ3n) is 4.25. The number of hydrogen-bond acceptors (Lipinski definition) is 3. The fourth-order valence-corrected chi connectivity index (χ4v) is 3.22. The number of amides is 1. The van der Waals surface area contributed by atoms with E-state index in [-0.39, 0.29) is 11.9 Å². The van der Waals surface area contributed by atoms with Crippen LogP contribution in [0.25, 0.3) is 0 Å². The van der Waals surface area contributed by atoms with Crippen LogP contribution >= 0.6 is 0 Å². The van der Waals surface area contributed by atoms with E-state index in [1.807, 2.05) is 0 Å². The molecule has 0 bridgehead atoms. The Kier molecular flexibility index (Phi) is 3.53. The number of nitrogens with one attached hydrogen (secondary N) is 1. The van der Waals surface area contributed by atoms with Gasteiger partial charge < -0.3 is 9.84 Å². The van der Waals surface area contributed by atoms with E-state index in [4.69, 9.17) is 4.52 Å². The zero-order chi connectivity index (χ0) is 15.0. The molecule has 0 radical (unpaired) electrons. The molecule has 1 aliphatic carbocycles. The average Bonchev–Trinajstić information content (AvgIpc) is 2.86. The lowest BCUT2D eigenvalue weighted by atomic mass is 9.84. The van der Waals surface area contributed by atoms with Gasteiger partial charge in [-0.05, 0) is 56.7 Å². The van der Waals surface area contributed by atoms with E-state index >= 15 is 0 Å². The van der Waals surface area contributed by atoms with Gasteiger partial charge in [0.15, 0.2) is 0 Å². The highest BCUT2D eigenvalue weighted by Crippen LogP contribution is 2.33. The molecule has 0 saturated carbocycles. The van der Waals surface area contributed by atoms with Gasteiger partial charge in [0.2, 0.25) is 0 Å². The van der Waals surface area contributed by atoms with Gasteiger partial charge in [0.05, 0.1) is 11.7 Å². The van der Waals surface area contributed by atoms with E-state index in [0.717, 1.165) is 19.3 Å². The molecular formula is C17H20N2O2. The highest BCUT2D eigenvalue weighted by molar-refractivity contribution is 5.95. The van der Waals surface area contributed by atoms with Gasteiger partial charge >= 0.3 is 0 Å². The minimum absolute atomic E-state index is 0.0779. The minimum Gasteiger partial charge on any atom is -0.364 e. The number of rotatable bonds is 2. The summed E-state index contributed by atoms with van der Waals surface area (Å²) in [5.74, 6) is -0.106. The SMILES string of the molecule is Cc1cc(C)c2c(c1)[C@H](NC(=O)c1conc1C)CCC2. The van der Waals surface area contributed by atoms with Crippen molar-refractivity contribution in [1.29, 1.82) is 0 Å². The van der Waals surface area contributed by atoms with Crippen molar-refractivity contribution in [3.8, 4) is 0 Å². The first-order valence-corrected chi connectivity index (χ1v) is 7.38. The van der Waals surface area contributed by atoms with Gasteiger partial charge in [0.25, 0.3) is 5.91 Å². The standard InChI is InChI=1S/C17H20N2O2/c1-10-7-11(2)13-5-4-6-16(14(13)8-10)18-17(20)15-9-21-19-12(15)3/h7-9,16H,4-6H2,1-3H3,(H,18,20)/t16-/m1/s1. The van der Waals surface area contributed by atoms with Gasteiger partial charge in [0.1, 0.15) is 11.8 Å². The summed E-state index contributed by atoms with van der Waals surface area (Å²) < 4.78 is 4.85. The van der Waals surface area contributed by atoms with Crippen LogP contribution in [0, 0.1) is 20.8 Å². The van der Waals surface area contributed by atoms with Crippen molar-refractivity contribution >= 4 is 5.91 Å². The molecule has 0 spiro atoms. The second kappa shape index (κ2) is 5.35. The van der Waals surface area contributed by atoms with E-state index < -0.39 is 0 Å². The fraction of sp³-hybridized carbons (Fsp3) is 0.412. The summed E-state index contributed by atoms with van der Waals surface area (Å²) in [5.41, 5.74) is 6.37. The number of aromatic nitrogens is 1. The Labute approximate surface area is 124 Å². The smallest absolute Gasteiger partial charge is 0.256 e. The Morgan fingerprint density at radius 1 is 1.33 bits per heavy atom. The predicted octanol–water partition coefficient (Wildman–Crippen LogP) is 3.41. The molecule has 0 unspecified atom stereocenters. The number of carbonyl (C=O) groups excluding carboxylic acids is 1. The van der Waals surface area contributed by atoms with Gasteiger partial charge in [-0.1, -0.05) is 22.9 Å². The summed E-state index contributed by atoms with van der Waals surface area (Å²) in [6, 6.07) is 4.49. The number of hydrogen-bond donors (Lipinski definition) is 1. The van der Waals surface area contributed by atoms with Crippen LogP contribution in [0.5, 0.6) is 0 Å². The van der Waals surface area contributed by atoms with Crippen LogP contribution in [0.4, 0.5) is 0 Å². The van der Waals surface area contributed by atoms with Gasteiger partial charge in [-0.2, -0.15) is 0 Å². The van der Waals surface area contributed by atoms with Crippen molar-refractivity contribution in [2.24, 2.45) is 0 Å². The second-order valence-corrected chi connectivity index (χ2v) is 5.88. The number of benzene rings is 1. The maximum Gasteiger partial charge on any atom is 0.256 e. The molecule has 2 aromatic rings. The van der Waals surface area contributed by atoms with Crippen LogP contribution in [0.1, 0.15) is 57.2 Å². The van der Waals surface area contributed by atoms with Crippen LogP contribution in [-0.2, 0) is 6.42 Å². The van der Waals surface area contributed by atoms with Crippen molar-refractivity contribution in [3.05, 3.63) is 51.9 Å². The monoisotopic (exact) mass is 284 g/mol. The van der Waals surface area contributed by atoms with E-state index in [9.17, 15) is 4.79 Å². The van der Waals surface area contributed by atoms with Crippen molar-refractivity contribution in [1.82, 2.24) is 10.5 Å². The van der Waals surface area contributed by atoms with Crippen molar-refractivity contribution in [2.45, 2.75) is 46.1 Å². The van der Waals surface area contributed by atoms with Crippen molar-refractivity contribution in [2.75, 3.05) is 0 Å². The largest absolute Gasteiger partial charge is 0.364 e. The minimum atomic E-state index is -0.106. The van der Waals surface area contributed by atoms with Crippen molar-refractivity contribution < 1.29 is 9.32 Å². The molecule has 1 heterocycles. The van der Waals surface area contributed by atoms with E-state index in [1.54, 1.807) is 6.92 Å². The van der Waals surface area contributed by atoms with Gasteiger partial charge in [-0.3, -0.25) is 4.79 Å². The summed E-state index contributed by atoms with van der Waals surface area (Å²) >= 11 is 0. The number of fused-ring (bicyclic) bond motifs is 1. The van der Waals surface area contributed by atoms with Crippen molar-refractivity contribution in [3.63, 3.8) is 0 Å². The molecular weight excluding hydrogens is 264 g/mol. The lowest BCUT2D eigenvalue weighted by Gasteiger charge is -2.28. The molecule has 4 heteroatoms. The maximum atomic E-state index is 12.4. The molecule has 1 aromatic heterocycles. The zero-order valence-electron chi connectivity index (χ0n) is 12.7. The molecule has 21 heavy (non-hydrogen) atoms. The van der Waals surface area contributed by atoms with E-state index in [0.29, 0.717) is 11.3 Å². The highest BCUT2D eigenvalue weighted by Gasteiger charge is 2.24. The Hall–Kier alpha value is -2.10. The van der Waals surface area contributed by atoms with Gasteiger partial charge in [-0.25, -0.2) is 0 Å². The molecule has 110 valence electrons. The van der Waals surface area contributed by atoms with Gasteiger partial charge in [0, 0.05) is 0 Å². The third kappa shape index (κ3) is 2.58. The number of nitrogens with zero attached hydrogens (tertiary/aromatic N) is 1. The summed E-state index contributed by atoms with van der Waals surface area (Å²) in [6.07, 6.45) is 4.59. The molecule has 1 aromatic carbocycles. The summed E-state index contributed by atoms with van der Waals surface area (Å²) in [7, 11) is 0. The molecule has 3 rings (SSSR count). The Bertz CT molecular complexity index is 688. The number of carbonyl (C=O) groups is 1. The molecule has 1 N–H and O–H groups in total. The molecule has 0 aliphatic heterocycles. The first kappa shape index (κ1) is 13.9. The molecule has 0 fully saturated rings. The first-order valence-electron chi connectivity index (χ1n) is 7.38. The van der Waals surface area contributed by atoms with Crippen LogP contribution in [-0.4, -0.2) is 11.1 Å². The van der Waals surface area contributed by atoms with E-state index in [2.05, 4.69) is 36.5 Å². The summed E-state index contributed by atoms with van der Waals surface area (Å²) in [4.78, 5) is 12.4. The normalized spacial score (nSPS) is 17.4. The topological polar surface area (TPSA) is 55.1 Å². The predicted molar refractivity (Wildman–Crippen MR) is 80.3 cm³/mol. The average molecular weight is 284 g/mol. The third-order valence-corrected chi connectivity index (χ3v) is 4.25.